The van der Waals surface area contributed by atoms with Crippen molar-refractivity contribution in [3.05, 3.63) is 57.7 Å². The summed E-state index contributed by atoms with van der Waals surface area (Å²) < 4.78 is 5.31. The molecule has 7 heteroatoms. The molecule has 0 unspecified atom stereocenters. The molecule has 3 rings (SSSR count). The summed E-state index contributed by atoms with van der Waals surface area (Å²) in [6, 6.07) is 9.08. The van der Waals surface area contributed by atoms with Gasteiger partial charge < -0.3 is 15.0 Å². The first-order chi connectivity index (χ1) is 12.1. The Kier molecular flexibility index (Phi) is 6.13. The second-order valence-corrected chi connectivity index (χ2v) is 6.62. The van der Waals surface area contributed by atoms with E-state index in [-0.39, 0.29) is 6.61 Å². The zero-order valence-corrected chi connectivity index (χ0v) is 15.2. The molecule has 2 aromatic rings. The van der Waals surface area contributed by atoms with E-state index in [9.17, 15) is 4.79 Å². The van der Waals surface area contributed by atoms with Gasteiger partial charge in [-0.15, -0.1) is 0 Å². The van der Waals surface area contributed by atoms with E-state index >= 15 is 0 Å². The van der Waals surface area contributed by atoms with Crippen LogP contribution in [0.5, 0.6) is 0 Å². The number of anilines is 1. The van der Waals surface area contributed by atoms with Crippen LogP contribution in [0.3, 0.4) is 0 Å². The van der Waals surface area contributed by atoms with Crippen molar-refractivity contribution in [1.82, 2.24) is 10.3 Å². The number of carbonyl (C=O) groups excluding carboxylic acids is 1. The number of hydrogen-bond donors (Lipinski definition) is 1. The molecule has 0 amide bonds. The Morgan fingerprint density at radius 3 is 2.60 bits per heavy atom. The zero-order valence-electron chi connectivity index (χ0n) is 13.7. The largest absolute Gasteiger partial charge is 0.462 e. The van der Waals surface area contributed by atoms with E-state index in [1.165, 1.54) is 6.20 Å². The number of aromatic nitrogens is 1. The number of hydrogen-bond acceptors (Lipinski definition) is 5. The van der Waals surface area contributed by atoms with E-state index < -0.39 is 5.97 Å². The lowest BCUT2D eigenvalue weighted by molar-refractivity contribution is 0.0509. The molecular formula is C18H19Cl2N3O2. The molecule has 2 heterocycles. The van der Waals surface area contributed by atoms with Crippen molar-refractivity contribution in [2.24, 2.45) is 0 Å². The minimum Gasteiger partial charge on any atom is -0.462 e. The normalized spacial score (nSPS) is 14.4. The van der Waals surface area contributed by atoms with Crippen LogP contribution in [-0.2, 0) is 11.2 Å². The summed E-state index contributed by atoms with van der Waals surface area (Å²) in [6.45, 7) is 3.77. The first-order valence-electron chi connectivity index (χ1n) is 8.16. The molecule has 0 saturated carbocycles. The zero-order chi connectivity index (χ0) is 17.6. The van der Waals surface area contributed by atoms with E-state index in [4.69, 9.17) is 27.9 Å². The first-order valence-corrected chi connectivity index (χ1v) is 8.92. The molecule has 1 aliphatic heterocycles. The van der Waals surface area contributed by atoms with Gasteiger partial charge in [0.1, 0.15) is 5.82 Å². The third kappa shape index (κ3) is 4.84. The number of nitrogens with one attached hydrogen (secondary N) is 1. The van der Waals surface area contributed by atoms with Crippen LogP contribution in [0.25, 0.3) is 0 Å². The molecule has 5 nitrogen and oxygen atoms in total. The van der Waals surface area contributed by atoms with Crippen molar-refractivity contribution in [3.63, 3.8) is 0 Å². The van der Waals surface area contributed by atoms with Crippen molar-refractivity contribution in [1.29, 1.82) is 0 Å². The maximum absolute atomic E-state index is 12.2. The van der Waals surface area contributed by atoms with Crippen LogP contribution < -0.4 is 10.2 Å². The predicted octanol–water partition coefficient (Wildman–Crippen LogP) is 3.20. The molecule has 1 aliphatic rings. The molecule has 0 atom stereocenters. The number of carbonyl (C=O) groups is 1. The summed E-state index contributed by atoms with van der Waals surface area (Å²) in [4.78, 5) is 18.6. The molecule has 0 spiro atoms. The minimum atomic E-state index is -0.421. The fourth-order valence-corrected chi connectivity index (χ4v) is 3.06. The lowest BCUT2D eigenvalue weighted by Gasteiger charge is -2.29. The predicted molar refractivity (Wildman–Crippen MR) is 99.8 cm³/mol. The van der Waals surface area contributed by atoms with E-state index in [1.807, 2.05) is 24.3 Å². The van der Waals surface area contributed by atoms with Crippen LogP contribution in [-0.4, -0.2) is 43.7 Å². The summed E-state index contributed by atoms with van der Waals surface area (Å²) >= 11 is 12.2. The van der Waals surface area contributed by atoms with E-state index in [2.05, 4.69) is 15.2 Å². The van der Waals surface area contributed by atoms with Crippen LogP contribution in [0.1, 0.15) is 15.9 Å². The molecule has 1 aromatic heterocycles. The Bertz CT molecular complexity index is 732. The molecule has 0 radical (unpaired) electrons. The van der Waals surface area contributed by atoms with Crippen molar-refractivity contribution in [3.8, 4) is 0 Å². The van der Waals surface area contributed by atoms with Crippen LogP contribution in [0.4, 0.5) is 5.82 Å². The highest BCUT2D eigenvalue weighted by Crippen LogP contribution is 2.24. The van der Waals surface area contributed by atoms with Crippen LogP contribution in [0, 0.1) is 0 Å². The highest BCUT2D eigenvalue weighted by molar-refractivity contribution is 6.33. The molecule has 1 fully saturated rings. The fourth-order valence-electron chi connectivity index (χ4n) is 2.65. The van der Waals surface area contributed by atoms with Gasteiger partial charge >= 0.3 is 5.97 Å². The summed E-state index contributed by atoms with van der Waals surface area (Å²) in [5, 5.41) is 4.43. The third-order valence-electron chi connectivity index (χ3n) is 4.01. The highest BCUT2D eigenvalue weighted by atomic mass is 35.5. The Hall–Kier alpha value is -1.82. The number of nitrogens with zero attached hydrogens (tertiary/aromatic N) is 2. The third-order valence-corrected chi connectivity index (χ3v) is 4.54. The van der Waals surface area contributed by atoms with Crippen LogP contribution in [0.15, 0.2) is 36.5 Å². The molecule has 1 N–H and O–H groups in total. The van der Waals surface area contributed by atoms with Gasteiger partial charge in [0, 0.05) is 43.8 Å². The number of benzene rings is 1. The number of pyridine rings is 1. The Labute approximate surface area is 156 Å². The summed E-state index contributed by atoms with van der Waals surface area (Å²) in [5.74, 6) is 0.288. The summed E-state index contributed by atoms with van der Waals surface area (Å²) in [5.41, 5.74) is 1.42. The van der Waals surface area contributed by atoms with Gasteiger partial charge in [-0.1, -0.05) is 35.3 Å². The SMILES string of the molecule is O=C(OCCc1ccc(Cl)cc1)c1cnc(N2CCNCC2)c(Cl)c1. The second kappa shape index (κ2) is 8.52. The van der Waals surface area contributed by atoms with Crippen molar-refractivity contribution < 1.29 is 9.53 Å². The van der Waals surface area contributed by atoms with E-state index in [1.54, 1.807) is 6.07 Å². The molecule has 1 saturated heterocycles. The maximum Gasteiger partial charge on any atom is 0.339 e. The van der Waals surface area contributed by atoms with Gasteiger partial charge in [-0.05, 0) is 23.8 Å². The van der Waals surface area contributed by atoms with Crippen LogP contribution in [0.2, 0.25) is 10.0 Å². The summed E-state index contributed by atoms with van der Waals surface area (Å²) in [7, 11) is 0. The first kappa shape index (κ1) is 18.0. The Morgan fingerprint density at radius 2 is 1.92 bits per heavy atom. The number of halogens is 2. The fraction of sp³-hybridized carbons (Fsp3) is 0.333. The van der Waals surface area contributed by atoms with Crippen molar-refractivity contribution in [2.75, 3.05) is 37.7 Å². The average molecular weight is 380 g/mol. The van der Waals surface area contributed by atoms with E-state index in [0.29, 0.717) is 27.8 Å². The average Bonchev–Trinajstić information content (AvgIpc) is 2.64. The smallest absolute Gasteiger partial charge is 0.339 e. The molecule has 0 bridgehead atoms. The topological polar surface area (TPSA) is 54.5 Å². The lowest BCUT2D eigenvalue weighted by atomic mass is 10.2. The van der Waals surface area contributed by atoms with Crippen molar-refractivity contribution >= 4 is 35.0 Å². The molecule has 25 heavy (non-hydrogen) atoms. The van der Waals surface area contributed by atoms with Gasteiger partial charge in [0.05, 0.1) is 17.2 Å². The highest BCUT2D eigenvalue weighted by Gasteiger charge is 2.17. The lowest BCUT2D eigenvalue weighted by Crippen LogP contribution is -2.44. The van der Waals surface area contributed by atoms with Crippen LogP contribution >= 0.6 is 23.2 Å². The van der Waals surface area contributed by atoms with Gasteiger partial charge in [-0.2, -0.15) is 0 Å². The number of piperazine rings is 1. The minimum absolute atomic E-state index is 0.289. The second-order valence-electron chi connectivity index (χ2n) is 5.78. The van der Waals surface area contributed by atoms with Gasteiger partial charge in [-0.25, -0.2) is 9.78 Å². The molecule has 132 valence electrons. The van der Waals surface area contributed by atoms with Gasteiger partial charge in [0.2, 0.25) is 0 Å². The monoisotopic (exact) mass is 379 g/mol. The Morgan fingerprint density at radius 1 is 1.20 bits per heavy atom. The molecule has 1 aromatic carbocycles. The van der Waals surface area contributed by atoms with Gasteiger partial charge in [0.25, 0.3) is 0 Å². The number of ether oxygens (including phenoxy) is 1. The quantitative estimate of drug-likeness (QED) is 0.808. The summed E-state index contributed by atoms with van der Waals surface area (Å²) in [6.07, 6.45) is 2.15. The van der Waals surface area contributed by atoms with E-state index in [0.717, 1.165) is 31.7 Å². The van der Waals surface area contributed by atoms with Gasteiger partial charge in [0.15, 0.2) is 0 Å². The maximum atomic E-state index is 12.2. The standard InChI is InChI=1S/C18H19Cl2N3O2/c19-15-3-1-13(2-4-15)5-10-25-18(24)14-11-16(20)17(22-12-14)23-8-6-21-7-9-23/h1-4,11-12,21H,5-10H2. The Balaban J connectivity index is 1.56. The molecule has 0 aliphatic carbocycles. The van der Waals surface area contributed by atoms with Gasteiger partial charge in [-0.3, -0.25) is 0 Å². The number of rotatable bonds is 5. The number of esters is 1. The molecular weight excluding hydrogens is 361 g/mol. The van der Waals surface area contributed by atoms with Crippen molar-refractivity contribution in [2.45, 2.75) is 6.42 Å².